The summed E-state index contributed by atoms with van der Waals surface area (Å²) < 4.78 is 40.7. The lowest BCUT2D eigenvalue weighted by atomic mass is 10.0. The molecule has 0 saturated carbocycles. The standard InChI is InChI=1S/C16H17F3N4O/c1-10-20-11(2)23(21-10)13-8-22(9-13)15(24)7-12-5-3-4-6-14(12)16(17,18)19/h3-6,13H,7-9H2,1-2H3. The van der Waals surface area contributed by atoms with Crippen LogP contribution in [0.3, 0.4) is 0 Å². The van der Waals surface area contributed by atoms with Crippen LogP contribution in [0.1, 0.15) is 28.8 Å². The van der Waals surface area contributed by atoms with Gasteiger partial charge in [-0.15, -0.1) is 0 Å². The Morgan fingerprint density at radius 1 is 1.25 bits per heavy atom. The second-order valence-corrected chi connectivity index (χ2v) is 5.94. The first-order valence-corrected chi connectivity index (χ1v) is 7.58. The molecule has 1 amide bonds. The highest BCUT2D eigenvalue weighted by Crippen LogP contribution is 2.32. The van der Waals surface area contributed by atoms with Crippen molar-refractivity contribution in [2.24, 2.45) is 0 Å². The summed E-state index contributed by atoms with van der Waals surface area (Å²) in [6, 6.07) is 5.23. The van der Waals surface area contributed by atoms with E-state index in [2.05, 4.69) is 10.1 Å². The number of hydrogen-bond acceptors (Lipinski definition) is 3. The Morgan fingerprint density at radius 2 is 1.92 bits per heavy atom. The van der Waals surface area contributed by atoms with Gasteiger partial charge in [0, 0.05) is 13.1 Å². The maximum Gasteiger partial charge on any atom is 0.416 e. The molecule has 1 fully saturated rings. The molecule has 0 bridgehead atoms. The van der Waals surface area contributed by atoms with Crippen LogP contribution in [0.5, 0.6) is 0 Å². The van der Waals surface area contributed by atoms with E-state index in [1.54, 1.807) is 16.5 Å². The number of nitrogens with zero attached hydrogens (tertiary/aromatic N) is 4. The normalized spacial score (nSPS) is 15.5. The van der Waals surface area contributed by atoms with Crippen molar-refractivity contribution in [2.75, 3.05) is 13.1 Å². The van der Waals surface area contributed by atoms with E-state index >= 15 is 0 Å². The highest BCUT2D eigenvalue weighted by Gasteiger charge is 2.36. The van der Waals surface area contributed by atoms with Gasteiger partial charge >= 0.3 is 6.18 Å². The number of carbonyl (C=O) groups excluding carboxylic acids is 1. The van der Waals surface area contributed by atoms with Crippen LogP contribution in [-0.4, -0.2) is 38.7 Å². The van der Waals surface area contributed by atoms with E-state index in [-0.39, 0.29) is 23.9 Å². The zero-order valence-corrected chi connectivity index (χ0v) is 13.3. The number of rotatable bonds is 3. The van der Waals surface area contributed by atoms with E-state index < -0.39 is 11.7 Å². The molecule has 2 aromatic rings. The van der Waals surface area contributed by atoms with Crippen LogP contribution in [0.15, 0.2) is 24.3 Å². The lowest BCUT2D eigenvalue weighted by Gasteiger charge is -2.39. The summed E-state index contributed by atoms with van der Waals surface area (Å²) >= 11 is 0. The quantitative estimate of drug-likeness (QED) is 0.864. The number of amides is 1. The third-order valence-corrected chi connectivity index (χ3v) is 4.13. The zero-order valence-electron chi connectivity index (χ0n) is 13.3. The largest absolute Gasteiger partial charge is 0.416 e. The molecular weight excluding hydrogens is 321 g/mol. The molecule has 24 heavy (non-hydrogen) atoms. The third kappa shape index (κ3) is 3.13. The van der Waals surface area contributed by atoms with Crippen molar-refractivity contribution in [3.05, 3.63) is 47.0 Å². The van der Waals surface area contributed by atoms with Gasteiger partial charge in [-0.3, -0.25) is 4.79 Å². The van der Waals surface area contributed by atoms with Gasteiger partial charge in [0.05, 0.1) is 18.0 Å². The number of aromatic nitrogens is 3. The minimum atomic E-state index is -4.45. The van der Waals surface area contributed by atoms with E-state index in [0.29, 0.717) is 18.9 Å². The van der Waals surface area contributed by atoms with Crippen LogP contribution in [0.25, 0.3) is 0 Å². The average Bonchev–Trinajstić information content (AvgIpc) is 2.75. The van der Waals surface area contributed by atoms with Crippen LogP contribution in [0, 0.1) is 13.8 Å². The molecule has 1 aliphatic rings. The Bertz CT molecular complexity index is 763. The summed E-state index contributed by atoms with van der Waals surface area (Å²) in [6.45, 7) is 4.51. The van der Waals surface area contributed by atoms with Crippen molar-refractivity contribution >= 4 is 5.91 Å². The van der Waals surface area contributed by atoms with Crippen LogP contribution in [0.4, 0.5) is 13.2 Å². The van der Waals surface area contributed by atoms with Crippen LogP contribution in [-0.2, 0) is 17.4 Å². The second kappa shape index (κ2) is 5.92. The summed E-state index contributed by atoms with van der Waals surface area (Å²) in [6.07, 6.45) is -4.71. The SMILES string of the molecule is Cc1nc(C)n(C2CN(C(=O)Cc3ccccc3C(F)(F)F)C2)n1. The summed E-state index contributed by atoms with van der Waals surface area (Å²) in [4.78, 5) is 18.0. The monoisotopic (exact) mass is 338 g/mol. The van der Waals surface area contributed by atoms with Gasteiger partial charge in [-0.05, 0) is 25.5 Å². The minimum absolute atomic E-state index is 0.00577. The van der Waals surface area contributed by atoms with Crippen molar-refractivity contribution in [1.82, 2.24) is 19.7 Å². The van der Waals surface area contributed by atoms with Crippen molar-refractivity contribution < 1.29 is 18.0 Å². The van der Waals surface area contributed by atoms with Gasteiger partial charge in [0.2, 0.25) is 5.91 Å². The Morgan fingerprint density at radius 3 is 2.50 bits per heavy atom. The van der Waals surface area contributed by atoms with Gasteiger partial charge in [0.15, 0.2) is 0 Å². The van der Waals surface area contributed by atoms with Gasteiger partial charge in [-0.1, -0.05) is 18.2 Å². The second-order valence-electron chi connectivity index (χ2n) is 5.94. The lowest BCUT2D eigenvalue weighted by Crippen LogP contribution is -2.51. The van der Waals surface area contributed by atoms with Crippen LogP contribution in [0.2, 0.25) is 0 Å². The Balaban J connectivity index is 1.65. The molecule has 0 radical (unpaired) electrons. The van der Waals surface area contributed by atoms with Crippen molar-refractivity contribution in [2.45, 2.75) is 32.5 Å². The number of hydrogen-bond donors (Lipinski definition) is 0. The third-order valence-electron chi connectivity index (χ3n) is 4.13. The van der Waals surface area contributed by atoms with Gasteiger partial charge in [-0.25, -0.2) is 9.67 Å². The molecule has 0 atom stereocenters. The summed E-state index contributed by atoms with van der Waals surface area (Å²) in [7, 11) is 0. The predicted octanol–water partition coefficient (Wildman–Crippen LogP) is 2.54. The van der Waals surface area contributed by atoms with E-state index in [0.717, 1.165) is 11.9 Å². The van der Waals surface area contributed by atoms with Crippen molar-refractivity contribution in [1.29, 1.82) is 0 Å². The molecule has 1 aromatic heterocycles. The van der Waals surface area contributed by atoms with Crippen LogP contribution >= 0.6 is 0 Å². The van der Waals surface area contributed by atoms with Crippen molar-refractivity contribution in [3.63, 3.8) is 0 Å². The molecule has 0 spiro atoms. The molecule has 1 saturated heterocycles. The fourth-order valence-electron chi connectivity index (χ4n) is 2.92. The molecular formula is C16H17F3N4O. The Kier molecular flexibility index (Phi) is 4.06. The van der Waals surface area contributed by atoms with Crippen molar-refractivity contribution in [3.8, 4) is 0 Å². The maximum absolute atomic E-state index is 13.0. The molecule has 2 heterocycles. The number of carbonyl (C=O) groups is 1. The molecule has 0 aliphatic carbocycles. The van der Waals surface area contributed by atoms with Gasteiger partial charge < -0.3 is 4.90 Å². The number of likely N-dealkylation sites (tertiary alicyclic amines) is 1. The summed E-state index contributed by atoms with van der Waals surface area (Å²) in [5.41, 5.74) is -0.746. The van der Waals surface area contributed by atoms with Crippen LogP contribution < -0.4 is 0 Å². The van der Waals surface area contributed by atoms with Gasteiger partial charge in [-0.2, -0.15) is 18.3 Å². The first-order chi connectivity index (χ1) is 11.3. The average molecular weight is 338 g/mol. The fraction of sp³-hybridized carbons (Fsp3) is 0.438. The zero-order chi connectivity index (χ0) is 17.5. The van der Waals surface area contributed by atoms with E-state index in [9.17, 15) is 18.0 Å². The topological polar surface area (TPSA) is 51.0 Å². The molecule has 0 unspecified atom stereocenters. The molecule has 3 rings (SSSR count). The van der Waals surface area contributed by atoms with E-state index in [1.165, 1.54) is 18.2 Å². The van der Waals surface area contributed by atoms with Gasteiger partial charge in [0.25, 0.3) is 0 Å². The van der Waals surface area contributed by atoms with E-state index in [4.69, 9.17) is 0 Å². The molecule has 0 N–H and O–H groups in total. The molecule has 5 nitrogen and oxygen atoms in total. The number of alkyl halides is 3. The molecule has 1 aliphatic heterocycles. The van der Waals surface area contributed by atoms with Gasteiger partial charge in [0.1, 0.15) is 11.6 Å². The first-order valence-electron chi connectivity index (χ1n) is 7.58. The smallest absolute Gasteiger partial charge is 0.338 e. The lowest BCUT2D eigenvalue weighted by molar-refractivity contribution is -0.139. The number of aryl methyl sites for hydroxylation is 2. The Labute approximate surface area is 137 Å². The summed E-state index contributed by atoms with van der Waals surface area (Å²) in [5, 5.41) is 4.28. The number of halogens is 3. The number of benzene rings is 1. The van der Waals surface area contributed by atoms with E-state index in [1.807, 2.05) is 6.92 Å². The first kappa shape index (κ1) is 16.5. The summed E-state index contributed by atoms with van der Waals surface area (Å²) in [5.74, 6) is 1.13. The molecule has 128 valence electrons. The predicted molar refractivity (Wildman–Crippen MR) is 80.3 cm³/mol. The molecule has 8 heteroatoms. The highest BCUT2D eigenvalue weighted by atomic mass is 19.4. The highest BCUT2D eigenvalue weighted by molar-refractivity contribution is 5.80. The Hall–Kier alpha value is -2.38. The molecule has 1 aromatic carbocycles. The fourth-order valence-corrected chi connectivity index (χ4v) is 2.92. The minimum Gasteiger partial charge on any atom is -0.338 e. The maximum atomic E-state index is 13.0.